The van der Waals surface area contributed by atoms with Crippen LogP contribution >= 0.6 is 0 Å². The Balaban J connectivity index is 1.82. The summed E-state index contributed by atoms with van der Waals surface area (Å²) in [5, 5.41) is 11.4. The molecule has 16 heavy (non-hydrogen) atoms. The Morgan fingerprint density at radius 2 is 2.38 bits per heavy atom. The molecule has 0 unspecified atom stereocenters. The largest absolute Gasteiger partial charge is 0.315 e. The van der Waals surface area contributed by atoms with Crippen LogP contribution in [-0.2, 0) is 6.54 Å². The van der Waals surface area contributed by atoms with E-state index in [2.05, 4.69) is 31.1 Å². The Hall–Kier alpha value is -1.75. The van der Waals surface area contributed by atoms with Crippen LogP contribution in [0.15, 0.2) is 30.9 Å². The maximum Gasteiger partial charge on any atom is 0.138 e. The van der Waals surface area contributed by atoms with Crippen LogP contribution in [0, 0.1) is 0 Å². The summed E-state index contributed by atoms with van der Waals surface area (Å²) >= 11 is 0. The number of nitrogens with zero attached hydrogens (tertiary/aromatic N) is 4. The fourth-order valence-corrected chi connectivity index (χ4v) is 1.86. The fourth-order valence-electron chi connectivity index (χ4n) is 1.86. The molecule has 1 fully saturated rings. The summed E-state index contributed by atoms with van der Waals surface area (Å²) in [6.45, 7) is 2.81. The van der Waals surface area contributed by atoms with Crippen LogP contribution in [0.4, 0.5) is 0 Å². The van der Waals surface area contributed by atoms with E-state index in [1.54, 1.807) is 12.5 Å². The van der Waals surface area contributed by atoms with E-state index in [0.29, 0.717) is 5.92 Å². The van der Waals surface area contributed by atoms with Crippen molar-refractivity contribution in [2.75, 3.05) is 13.1 Å². The third-order valence-electron chi connectivity index (χ3n) is 2.87. The first-order valence-electron chi connectivity index (χ1n) is 5.41. The number of aromatic nitrogens is 4. The van der Waals surface area contributed by atoms with Crippen LogP contribution in [0.3, 0.4) is 0 Å². The van der Waals surface area contributed by atoms with Crippen LogP contribution in [0.1, 0.15) is 17.3 Å². The number of pyridine rings is 1. The highest BCUT2D eigenvalue weighted by Crippen LogP contribution is 2.17. The van der Waals surface area contributed by atoms with Gasteiger partial charge in [0.15, 0.2) is 0 Å². The van der Waals surface area contributed by atoms with Gasteiger partial charge in [0.1, 0.15) is 12.2 Å². The molecule has 0 bridgehead atoms. The fraction of sp³-hybridized carbons (Fsp3) is 0.364. The van der Waals surface area contributed by atoms with Gasteiger partial charge in [-0.25, -0.2) is 0 Å². The van der Waals surface area contributed by atoms with E-state index in [9.17, 15) is 0 Å². The summed E-state index contributed by atoms with van der Waals surface area (Å²) in [7, 11) is 0. The van der Waals surface area contributed by atoms with Gasteiger partial charge in [0.05, 0.1) is 6.54 Å². The van der Waals surface area contributed by atoms with Crippen molar-refractivity contribution in [2.45, 2.75) is 12.5 Å². The van der Waals surface area contributed by atoms with E-state index in [1.807, 2.05) is 12.3 Å². The van der Waals surface area contributed by atoms with Crippen molar-refractivity contribution in [2.24, 2.45) is 0 Å². The molecule has 5 nitrogen and oxygen atoms in total. The van der Waals surface area contributed by atoms with Crippen molar-refractivity contribution in [1.29, 1.82) is 0 Å². The molecule has 0 spiro atoms. The molecule has 5 heteroatoms. The van der Waals surface area contributed by atoms with Crippen molar-refractivity contribution in [3.8, 4) is 0 Å². The minimum atomic E-state index is 0.513. The summed E-state index contributed by atoms with van der Waals surface area (Å²) < 4.78 is 2.10. The Bertz CT molecular complexity index is 460. The van der Waals surface area contributed by atoms with Crippen molar-refractivity contribution < 1.29 is 0 Å². The molecule has 1 aliphatic rings. The molecule has 1 saturated heterocycles. The zero-order chi connectivity index (χ0) is 10.8. The van der Waals surface area contributed by atoms with Crippen molar-refractivity contribution in [1.82, 2.24) is 25.1 Å². The molecular formula is C11H13N5. The summed E-state index contributed by atoms with van der Waals surface area (Å²) in [4.78, 5) is 4.11. The molecule has 0 amide bonds. The highest BCUT2D eigenvalue weighted by molar-refractivity contribution is 5.12. The summed E-state index contributed by atoms with van der Waals surface area (Å²) in [5.74, 6) is 1.58. The maximum absolute atomic E-state index is 4.19. The number of rotatable bonds is 3. The summed E-state index contributed by atoms with van der Waals surface area (Å²) in [6.07, 6.45) is 5.45. The highest BCUT2D eigenvalue weighted by atomic mass is 15.3. The normalized spacial score (nSPS) is 16.0. The zero-order valence-electron chi connectivity index (χ0n) is 8.87. The average Bonchev–Trinajstić information content (AvgIpc) is 2.66. The van der Waals surface area contributed by atoms with Gasteiger partial charge < -0.3 is 9.88 Å². The Morgan fingerprint density at radius 3 is 3.06 bits per heavy atom. The van der Waals surface area contributed by atoms with Gasteiger partial charge in [0.25, 0.3) is 0 Å². The third-order valence-corrected chi connectivity index (χ3v) is 2.87. The lowest BCUT2D eigenvalue weighted by molar-refractivity contribution is 0.417. The van der Waals surface area contributed by atoms with Gasteiger partial charge in [-0.05, 0) is 11.6 Å². The van der Waals surface area contributed by atoms with Crippen molar-refractivity contribution >= 4 is 0 Å². The molecule has 1 N–H and O–H groups in total. The van der Waals surface area contributed by atoms with Crippen LogP contribution < -0.4 is 5.32 Å². The lowest BCUT2D eigenvalue weighted by Crippen LogP contribution is -2.41. The van der Waals surface area contributed by atoms with E-state index in [-0.39, 0.29) is 0 Å². The first kappa shape index (κ1) is 9.47. The zero-order valence-corrected chi connectivity index (χ0v) is 8.87. The molecule has 2 aromatic heterocycles. The molecule has 3 heterocycles. The lowest BCUT2D eigenvalue weighted by Gasteiger charge is -2.26. The quantitative estimate of drug-likeness (QED) is 0.805. The smallest absolute Gasteiger partial charge is 0.138 e. The Morgan fingerprint density at radius 1 is 1.44 bits per heavy atom. The van der Waals surface area contributed by atoms with E-state index in [0.717, 1.165) is 25.5 Å². The molecule has 3 rings (SSSR count). The third kappa shape index (κ3) is 1.69. The monoisotopic (exact) mass is 215 g/mol. The summed E-state index contributed by atoms with van der Waals surface area (Å²) in [5.41, 5.74) is 1.18. The molecule has 0 aromatic carbocycles. The lowest BCUT2D eigenvalue weighted by atomic mass is 10.0. The predicted octanol–water partition coefficient (Wildman–Crippen LogP) is 0.408. The topological polar surface area (TPSA) is 55.6 Å². The first-order chi connectivity index (χ1) is 7.93. The number of hydrogen-bond donors (Lipinski definition) is 1. The van der Waals surface area contributed by atoms with Crippen LogP contribution in [0.25, 0.3) is 0 Å². The van der Waals surface area contributed by atoms with E-state index >= 15 is 0 Å². The molecule has 2 aromatic rings. The van der Waals surface area contributed by atoms with Gasteiger partial charge in [-0.2, -0.15) is 0 Å². The van der Waals surface area contributed by atoms with Crippen LogP contribution in [0.2, 0.25) is 0 Å². The second-order valence-corrected chi connectivity index (χ2v) is 4.03. The van der Waals surface area contributed by atoms with Gasteiger partial charge in [0, 0.05) is 31.4 Å². The van der Waals surface area contributed by atoms with Gasteiger partial charge in [-0.15, -0.1) is 10.2 Å². The Kier molecular flexibility index (Phi) is 2.38. The average molecular weight is 215 g/mol. The minimum absolute atomic E-state index is 0.513. The van der Waals surface area contributed by atoms with Gasteiger partial charge in [-0.1, -0.05) is 6.07 Å². The van der Waals surface area contributed by atoms with Crippen LogP contribution in [-0.4, -0.2) is 32.8 Å². The molecule has 0 atom stereocenters. The van der Waals surface area contributed by atoms with E-state index in [1.165, 1.54) is 5.56 Å². The molecular weight excluding hydrogens is 202 g/mol. The maximum atomic E-state index is 4.19. The predicted molar refractivity (Wildman–Crippen MR) is 59.0 cm³/mol. The second kappa shape index (κ2) is 4.02. The molecule has 1 aliphatic heterocycles. The number of hydrogen-bond acceptors (Lipinski definition) is 4. The molecule has 82 valence electrons. The molecule has 0 aliphatic carbocycles. The first-order valence-corrected chi connectivity index (χ1v) is 5.41. The van der Waals surface area contributed by atoms with E-state index in [4.69, 9.17) is 0 Å². The highest BCUT2D eigenvalue weighted by Gasteiger charge is 2.23. The van der Waals surface area contributed by atoms with Crippen molar-refractivity contribution in [3.05, 3.63) is 42.2 Å². The summed E-state index contributed by atoms with van der Waals surface area (Å²) in [6, 6.07) is 4.01. The molecule has 0 saturated carbocycles. The number of nitrogens with one attached hydrogen (secondary N) is 1. The second-order valence-electron chi connectivity index (χ2n) is 4.03. The van der Waals surface area contributed by atoms with Crippen molar-refractivity contribution in [3.63, 3.8) is 0 Å². The van der Waals surface area contributed by atoms with Crippen LogP contribution in [0.5, 0.6) is 0 Å². The van der Waals surface area contributed by atoms with E-state index < -0.39 is 0 Å². The SMILES string of the molecule is c1cncc(Cn2cnnc2C2CNC2)c1. The van der Waals surface area contributed by atoms with Gasteiger partial charge >= 0.3 is 0 Å². The Labute approximate surface area is 93.5 Å². The van der Waals surface area contributed by atoms with Gasteiger partial charge in [0.2, 0.25) is 0 Å². The van der Waals surface area contributed by atoms with Gasteiger partial charge in [-0.3, -0.25) is 4.98 Å². The standard InChI is InChI=1S/C11H13N5/c1-2-9(4-12-3-1)7-16-8-14-15-11(16)10-5-13-6-10/h1-4,8,10,13H,5-7H2. The minimum Gasteiger partial charge on any atom is -0.315 e. The molecule has 0 radical (unpaired) electrons.